The van der Waals surface area contributed by atoms with Gasteiger partial charge in [0.1, 0.15) is 5.76 Å². The molecular weight excluding hydrogens is 366 g/mol. The number of fused-ring (bicyclic) bond motifs is 3. The van der Waals surface area contributed by atoms with Gasteiger partial charge in [0.15, 0.2) is 0 Å². The summed E-state index contributed by atoms with van der Waals surface area (Å²) in [6.45, 7) is 3.19. The quantitative estimate of drug-likeness (QED) is 0.734. The van der Waals surface area contributed by atoms with Gasteiger partial charge in [-0.25, -0.2) is 0 Å². The second-order valence-corrected chi connectivity index (χ2v) is 8.43. The molecule has 1 fully saturated rings. The first-order valence-corrected chi connectivity index (χ1v) is 10.5. The number of nitrogens with one attached hydrogen (secondary N) is 1. The van der Waals surface area contributed by atoms with Gasteiger partial charge in [0.2, 0.25) is 0 Å². The highest BCUT2D eigenvalue weighted by Gasteiger charge is 2.36. The van der Waals surface area contributed by atoms with Crippen LogP contribution in [0.1, 0.15) is 45.9 Å². The number of carbonyl (C=O) groups is 1. The van der Waals surface area contributed by atoms with Crippen molar-refractivity contribution in [3.05, 3.63) is 52.5 Å². The molecule has 0 bridgehead atoms. The molecule has 1 saturated heterocycles. The molecule has 1 amide bonds. The van der Waals surface area contributed by atoms with Gasteiger partial charge in [0.05, 0.1) is 11.8 Å². The standard InChI is InChI=1S/C23H27N3O3/c1-14-9-17(29-25-14)10-16-12-26(13-22(16)28-2)23(27)15-7-8-21-19(11-15)18-5-3-4-6-20(18)24-21/h7-9,11,16,22,24H,3-6,10,12-13H2,1-2H3/t16-,22+/m1/s1. The average molecular weight is 393 g/mol. The molecule has 1 aliphatic carbocycles. The third-order valence-corrected chi connectivity index (χ3v) is 6.46. The molecule has 1 N–H and O–H groups in total. The lowest BCUT2D eigenvalue weighted by Gasteiger charge is -2.16. The Labute approximate surface area is 170 Å². The number of aromatic amines is 1. The molecule has 2 aromatic heterocycles. The summed E-state index contributed by atoms with van der Waals surface area (Å²) >= 11 is 0. The Morgan fingerprint density at radius 1 is 1.28 bits per heavy atom. The number of aryl methyl sites for hydroxylation is 3. The average Bonchev–Trinajstić information content (AvgIpc) is 3.43. The summed E-state index contributed by atoms with van der Waals surface area (Å²) in [5, 5.41) is 5.18. The number of methoxy groups -OCH3 is 1. The fourth-order valence-corrected chi connectivity index (χ4v) is 4.96. The van der Waals surface area contributed by atoms with Crippen molar-refractivity contribution >= 4 is 16.8 Å². The van der Waals surface area contributed by atoms with Gasteiger partial charge >= 0.3 is 0 Å². The number of aromatic nitrogens is 2. The van der Waals surface area contributed by atoms with Gasteiger partial charge < -0.3 is 19.1 Å². The number of rotatable bonds is 4. The van der Waals surface area contributed by atoms with Crippen LogP contribution in [-0.4, -0.2) is 47.3 Å². The molecule has 1 aromatic carbocycles. The number of ether oxygens (including phenoxy) is 1. The molecule has 2 aliphatic rings. The smallest absolute Gasteiger partial charge is 0.253 e. The molecule has 5 rings (SSSR count). The summed E-state index contributed by atoms with van der Waals surface area (Å²) < 4.78 is 11.1. The first kappa shape index (κ1) is 18.4. The Balaban J connectivity index is 1.37. The van der Waals surface area contributed by atoms with E-state index in [4.69, 9.17) is 9.26 Å². The number of H-pyrrole nitrogens is 1. The number of nitrogens with zero attached hydrogens (tertiary/aromatic N) is 2. The predicted molar refractivity (Wildman–Crippen MR) is 110 cm³/mol. The highest BCUT2D eigenvalue weighted by atomic mass is 16.5. The molecule has 29 heavy (non-hydrogen) atoms. The zero-order chi connectivity index (χ0) is 20.0. The number of likely N-dealkylation sites (tertiary alicyclic amines) is 1. The lowest BCUT2D eigenvalue weighted by atomic mass is 9.95. The fraction of sp³-hybridized carbons (Fsp3) is 0.478. The van der Waals surface area contributed by atoms with E-state index in [1.807, 2.05) is 24.0 Å². The molecule has 152 valence electrons. The largest absolute Gasteiger partial charge is 0.379 e. The van der Waals surface area contributed by atoms with Crippen LogP contribution in [0.4, 0.5) is 0 Å². The van der Waals surface area contributed by atoms with E-state index in [-0.39, 0.29) is 17.9 Å². The molecule has 6 heteroatoms. The summed E-state index contributed by atoms with van der Waals surface area (Å²) in [7, 11) is 1.72. The van der Waals surface area contributed by atoms with E-state index in [1.165, 1.54) is 29.5 Å². The maximum atomic E-state index is 13.3. The number of carbonyl (C=O) groups excluding carboxylic acids is 1. The van der Waals surface area contributed by atoms with Crippen LogP contribution in [-0.2, 0) is 24.0 Å². The van der Waals surface area contributed by atoms with Crippen molar-refractivity contribution in [1.29, 1.82) is 0 Å². The van der Waals surface area contributed by atoms with Crippen molar-refractivity contribution in [3.8, 4) is 0 Å². The minimum atomic E-state index is 0.00751. The van der Waals surface area contributed by atoms with Gasteiger partial charge in [0, 0.05) is 60.8 Å². The molecule has 6 nitrogen and oxygen atoms in total. The molecule has 2 atom stereocenters. The second kappa shape index (κ2) is 7.34. The Morgan fingerprint density at radius 3 is 2.93 bits per heavy atom. The van der Waals surface area contributed by atoms with Crippen molar-refractivity contribution < 1.29 is 14.1 Å². The molecule has 3 heterocycles. The Kier molecular flexibility index (Phi) is 4.66. The predicted octanol–water partition coefficient (Wildman–Crippen LogP) is 3.67. The van der Waals surface area contributed by atoms with E-state index in [0.717, 1.165) is 41.8 Å². The van der Waals surface area contributed by atoms with Crippen LogP contribution >= 0.6 is 0 Å². The van der Waals surface area contributed by atoms with Gasteiger partial charge in [-0.15, -0.1) is 0 Å². The van der Waals surface area contributed by atoms with Gasteiger partial charge in [-0.05, 0) is 56.4 Å². The van der Waals surface area contributed by atoms with Gasteiger partial charge in [0.25, 0.3) is 5.91 Å². The van der Waals surface area contributed by atoms with Crippen LogP contribution in [0.5, 0.6) is 0 Å². The third kappa shape index (κ3) is 3.35. The van der Waals surface area contributed by atoms with E-state index in [1.54, 1.807) is 7.11 Å². The zero-order valence-corrected chi connectivity index (χ0v) is 17.0. The third-order valence-electron chi connectivity index (χ3n) is 6.46. The van der Waals surface area contributed by atoms with Crippen LogP contribution in [0.25, 0.3) is 10.9 Å². The molecular formula is C23H27N3O3. The molecule has 0 spiro atoms. The first-order valence-electron chi connectivity index (χ1n) is 10.5. The lowest BCUT2D eigenvalue weighted by Crippen LogP contribution is -2.29. The maximum absolute atomic E-state index is 13.3. The monoisotopic (exact) mass is 393 g/mol. The SMILES string of the molecule is CO[C@H]1CN(C(=O)c2ccc3[nH]c4c(c3c2)CCCC4)C[C@H]1Cc1cc(C)no1. The van der Waals surface area contributed by atoms with Crippen molar-refractivity contribution in [3.63, 3.8) is 0 Å². The van der Waals surface area contributed by atoms with Crippen molar-refractivity contribution in [1.82, 2.24) is 15.0 Å². The van der Waals surface area contributed by atoms with Gasteiger partial charge in [-0.3, -0.25) is 4.79 Å². The van der Waals surface area contributed by atoms with Crippen LogP contribution in [0, 0.1) is 12.8 Å². The van der Waals surface area contributed by atoms with Crippen molar-refractivity contribution in [2.45, 2.75) is 45.1 Å². The lowest BCUT2D eigenvalue weighted by molar-refractivity contribution is 0.0672. The van der Waals surface area contributed by atoms with E-state index >= 15 is 0 Å². The molecule has 0 saturated carbocycles. The summed E-state index contributed by atoms with van der Waals surface area (Å²) in [6, 6.07) is 8.04. The van der Waals surface area contributed by atoms with Crippen molar-refractivity contribution in [2.24, 2.45) is 5.92 Å². The summed E-state index contributed by atoms with van der Waals surface area (Å²) in [5.74, 6) is 1.14. The minimum absolute atomic E-state index is 0.00751. The molecule has 3 aromatic rings. The Bertz CT molecular complexity index is 1050. The summed E-state index contributed by atoms with van der Waals surface area (Å²) in [5.41, 5.74) is 5.52. The number of amides is 1. The van der Waals surface area contributed by atoms with Gasteiger partial charge in [-0.1, -0.05) is 5.16 Å². The van der Waals surface area contributed by atoms with E-state index in [0.29, 0.717) is 13.1 Å². The topological polar surface area (TPSA) is 71.4 Å². The number of hydrogen-bond acceptors (Lipinski definition) is 4. The van der Waals surface area contributed by atoms with Crippen LogP contribution < -0.4 is 0 Å². The van der Waals surface area contributed by atoms with E-state index in [9.17, 15) is 4.79 Å². The normalized spacial score (nSPS) is 21.7. The summed E-state index contributed by atoms with van der Waals surface area (Å²) in [6.07, 6.45) is 5.41. The highest BCUT2D eigenvalue weighted by Crippen LogP contribution is 2.31. The van der Waals surface area contributed by atoms with Crippen LogP contribution in [0.3, 0.4) is 0 Å². The Hall–Kier alpha value is -2.60. The van der Waals surface area contributed by atoms with Crippen LogP contribution in [0.15, 0.2) is 28.8 Å². The van der Waals surface area contributed by atoms with Crippen molar-refractivity contribution in [2.75, 3.05) is 20.2 Å². The van der Waals surface area contributed by atoms with Crippen LogP contribution in [0.2, 0.25) is 0 Å². The zero-order valence-electron chi connectivity index (χ0n) is 17.0. The minimum Gasteiger partial charge on any atom is -0.379 e. The molecule has 1 aliphatic heterocycles. The molecule has 0 radical (unpaired) electrons. The summed E-state index contributed by atoms with van der Waals surface area (Å²) in [4.78, 5) is 18.7. The van der Waals surface area contributed by atoms with E-state index in [2.05, 4.69) is 22.3 Å². The highest BCUT2D eigenvalue weighted by molar-refractivity contribution is 5.99. The molecule has 0 unspecified atom stereocenters. The maximum Gasteiger partial charge on any atom is 0.253 e. The van der Waals surface area contributed by atoms with E-state index < -0.39 is 0 Å². The fourth-order valence-electron chi connectivity index (χ4n) is 4.96. The number of hydrogen-bond donors (Lipinski definition) is 1. The first-order chi connectivity index (χ1) is 14.1. The Morgan fingerprint density at radius 2 is 2.14 bits per heavy atom. The second-order valence-electron chi connectivity index (χ2n) is 8.43. The van der Waals surface area contributed by atoms with Gasteiger partial charge in [-0.2, -0.15) is 0 Å². The number of benzene rings is 1.